The van der Waals surface area contributed by atoms with Crippen LogP contribution in [0.5, 0.6) is 11.5 Å². The molecule has 2 aromatic carbocycles. The second-order valence-electron chi connectivity index (χ2n) is 7.19. The zero-order valence-electron chi connectivity index (χ0n) is 17.7. The maximum absolute atomic E-state index is 5.64. The Balaban J connectivity index is 1.78. The van der Waals surface area contributed by atoms with Crippen molar-refractivity contribution in [2.45, 2.75) is 27.1 Å². The van der Waals surface area contributed by atoms with Gasteiger partial charge in [-0.2, -0.15) is 4.68 Å². The number of nitrogens with one attached hydrogen (secondary N) is 1. The highest BCUT2D eigenvalue weighted by Gasteiger charge is 2.15. The van der Waals surface area contributed by atoms with Crippen LogP contribution >= 0.6 is 12.2 Å². The van der Waals surface area contributed by atoms with Gasteiger partial charge in [-0.1, -0.05) is 24.3 Å². The molecule has 0 aliphatic heterocycles. The number of hydrogen-bond acceptors (Lipinski definition) is 4. The number of benzene rings is 2. The van der Waals surface area contributed by atoms with Crippen molar-refractivity contribution in [3.63, 3.8) is 0 Å². The van der Waals surface area contributed by atoms with Crippen LogP contribution < -0.4 is 14.4 Å². The van der Waals surface area contributed by atoms with E-state index in [0.29, 0.717) is 18.0 Å². The summed E-state index contributed by atoms with van der Waals surface area (Å²) < 4.78 is 15.7. The lowest BCUT2D eigenvalue weighted by Gasteiger charge is -2.15. The van der Waals surface area contributed by atoms with Gasteiger partial charge in [-0.25, -0.2) is 0 Å². The monoisotopic (exact) mass is 413 g/mol. The number of aromatic nitrogens is 3. The van der Waals surface area contributed by atoms with Gasteiger partial charge in [0.1, 0.15) is 6.54 Å². The van der Waals surface area contributed by atoms with Crippen molar-refractivity contribution in [1.29, 1.82) is 0 Å². The number of methoxy groups -OCH3 is 1. The fourth-order valence-corrected chi connectivity index (χ4v) is 3.60. The van der Waals surface area contributed by atoms with Gasteiger partial charge >= 0.3 is 0 Å². The Bertz CT molecular complexity index is 1040. The molecule has 0 radical (unpaired) electrons. The molecule has 0 saturated carbocycles. The minimum absolute atomic E-state index is 0.613. The molecule has 1 unspecified atom stereocenters. The highest BCUT2D eigenvalue weighted by Crippen LogP contribution is 2.27. The highest BCUT2D eigenvalue weighted by molar-refractivity contribution is 7.71. The molecule has 1 aromatic heterocycles. The van der Waals surface area contributed by atoms with E-state index in [9.17, 15) is 0 Å². The van der Waals surface area contributed by atoms with E-state index < -0.39 is 0 Å². The van der Waals surface area contributed by atoms with E-state index >= 15 is 0 Å². The van der Waals surface area contributed by atoms with Gasteiger partial charge in [-0.05, 0) is 49.8 Å². The summed E-state index contributed by atoms with van der Waals surface area (Å²) in [5, 5.41) is 4.80. The van der Waals surface area contributed by atoms with Crippen molar-refractivity contribution in [1.82, 2.24) is 14.3 Å². The molecule has 0 saturated heterocycles. The van der Waals surface area contributed by atoms with Crippen molar-refractivity contribution in [3.05, 3.63) is 58.4 Å². The average molecular weight is 414 g/mol. The Morgan fingerprint density at radius 1 is 1.14 bits per heavy atom. The third-order valence-corrected chi connectivity index (χ3v) is 5.36. The Morgan fingerprint density at radius 2 is 1.90 bits per heavy atom. The van der Waals surface area contributed by atoms with Gasteiger partial charge in [0.15, 0.2) is 24.0 Å². The van der Waals surface area contributed by atoms with Gasteiger partial charge in [0.25, 0.3) is 0 Å². The van der Waals surface area contributed by atoms with E-state index in [0.717, 1.165) is 29.4 Å². The quantitative estimate of drug-likeness (QED) is 0.577. The number of nitrogens with zero attached hydrogens (tertiary/aromatic N) is 3. The molecule has 3 rings (SSSR count). The standard InChI is InChI=1S/C22H28N4O2S/c1-6-28-19-12-11-17(13-20(19)27-5)14-24(3)15-26-22(29)25(4)21(23-26)18-10-8-7-9-16(18)2/h7-13H,6,14-15H2,1-5H3/p+1. The van der Waals surface area contributed by atoms with E-state index in [4.69, 9.17) is 26.8 Å². The molecule has 0 spiro atoms. The maximum atomic E-state index is 5.64. The minimum Gasteiger partial charge on any atom is -0.493 e. The van der Waals surface area contributed by atoms with Crippen LogP contribution in [-0.4, -0.2) is 35.1 Å². The van der Waals surface area contributed by atoms with E-state index in [1.807, 2.05) is 47.5 Å². The summed E-state index contributed by atoms with van der Waals surface area (Å²) in [6.45, 7) is 6.16. The highest BCUT2D eigenvalue weighted by atomic mass is 32.1. The van der Waals surface area contributed by atoms with Crippen LogP contribution in [0.3, 0.4) is 0 Å². The first-order valence-corrected chi connectivity index (χ1v) is 10.2. The fourth-order valence-electron chi connectivity index (χ4n) is 3.41. The molecule has 7 heteroatoms. The average Bonchev–Trinajstić information content (AvgIpc) is 2.98. The van der Waals surface area contributed by atoms with E-state index in [-0.39, 0.29) is 0 Å². The molecule has 1 heterocycles. The summed E-state index contributed by atoms with van der Waals surface area (Å²) in [6.07, 6.45) is 0. The van der Waals surface area contributed by atoms with Gasteiger partial charge in [-0.15, -0.1) is 5.10 Å². The predicted octanol–water partition coefficient (Wildman–Crippen LogP) is 3.01. The van der Waals surface area contributed by atoms with Crippen LogP contribution in [0.2, 0.25) is 0 Å². The van der Waals surface area contributed by atoms with Gasteiger partial charge in [-0.3, -0.25) is 0 Å². The summed E-state index contributed by atoms with van der Waals surface area (Å²) in [5.74, 6) is 2.42. The molecular formula is C22H29N4O2S+. The van der Waals surface area contributed by atoms with Crippen LogP contribution in [0, 0.1) is 11.7 Å². The number of quaternary nitrogens is 1. The zero-order valence-corrected chi connectivity index (χ0v) is 18.5. The van der Waals surface area contributed by atoms with E-state index in [1.54, 1.807) is 7.11 Å². The van der Waals surface area contributed by atoms with Crippen molar-refractivity contribution in [2.24, 2.45) is 7.05 Å². The van der Waals surface area contributed by atoms with Gasteiger partial charge < -0.3 is 18.9 Å². The van der Waals surface area contributed by atoms with E-state index in [1.165, 1.54) is 16.0 Å². The molecule has 3 aromatic rings. The molecule has 1 atom stereocenters. The SMILES string of the molecule is CCOc1ccc(C[NH+](C)Cn2nc(-c3ccccc3C)n(C)c2=S)cc1OC. The van der Waals surface area contributed by atoms with Gasteiger partial charge in [0.2, 0.25) is 4.77 Å². The molecule has 0 aliphatic carbocycles. The largest absolute Gasteiger partial charge is 0.493 e. The first kappa shape index (κ1) is 21.1. The van der Waals surface area contributed by atoms with Crippen LogP contribution in [0.1, 0.15) is 18.1 Å². The van der Waals surface area contributed by atoms with Crippen LogP contribution in [0.15, 0.2) is 42.5 Å². The van der Waals surface area contributed by atoms with Crippen molar-refractivity contribution >= 4 is 12.2 Å². The predicted molar refractivity (Wildman–Crippen MR) is 117 cm³/mol. The van der Waals surface area contributed by atoms with Crippen LogP contribution in [0.4, 0.5) is 0 Å². The molecule has 1 N–H and O–H groups in total. The topological polar surface area (TPSA) is 45.7 Å². The van der Waals surface area contributed by atoms with Gasteiger partial charge in [0.05, 0.1) is 20.8 Å². The molecule has 0 fully saturated rings. The lowest BCUT2D eigenvalue weighted by atomic mass is 10.1. The minimum atomic E-state index is 0.613. The Morgan fingerprint density at radius 3 is 2.59 bits per heavy atom. The maximum Gasteiger partial charge on any atom is 0.202 e. The zero-order chi connectivity index (χ0) is 21.0. The molecule has 0 bridgehead atoms. The number of aryl methyl sites for hydroxylation is 1. The summed E-state index contributed by atoms with van der Waals surface area (Å²) in [6, 6.07) is 14.3. The molecule has 0 amide bonds. The lowest BCUT2D eigenvalue weighted by molar-refractivity contribution is -0.917. The molecule has 154 valence electrons. The lowest BCUT2D eigenvalue weighted by Crippen LogP contribution is -3.07. The van der Waals surface area contributed by atoms with Crippen molar-refractivity contribution < 1.29 is 14.4 Å². The Hall–Kier alpha value is -2.64. The Kier molecular flexibility index (Phi) is 6.71. The normalized spacial score (nSPS) is 12.0. The Labute approximate surface area is 177 Å². The summed E-state index contributed by atoms with van der Waals surface area (Å²) in [7, 11) is 5.77. The molecule has 6 nitrogen and oxygen atoms in total. The van der Waals surface area contributed by atoms with Crippen molar-refractivity contribution in [2.75, 3.05) is 20.8 Å². The first-order valence-electron chi connectivity index (χ1n) is 9.75. The number of hydrogen-bond donors (Lipinski definition) is 1. The molecular weight excluding hydrogens is 384 g/mol. The summed E-state index contributed by atoms with van der Waals surface area (Å²) >= 11 is 5.64. The van der Waals surface area contributed by atoms with E-state index in [2.05, 4.69) is 32.2 Å². The summed E-state index contributed by atoms with van der Waals surface area (Å²) in [4.78, 5) is 1.27. The smallest absolute Gasteiger partial charge is 0.202 e. The summed E-state index contributed by atoms with van der Waals surface area (Å²) in [5.41, 5.74) is 3.46. The van der Waals surface area contributed by atoms with Crippen molar-refractivity contribution in [3.8, 4) is 22.9 Å². The molecule has 0 aliphatic rings. The third-order valence-electron chi connectivity index (χ3n) is 4.88. The molecule has 29 heavy (non-hydrogen) atoms. The van der Waals surface area contributed by atoms with Gasteiger partial charge in [0, 0.05) is 18.2 Å². The second-order valence-corrected chi connectivity index (χ2v) is 7.56. The second kappa shape index (κ2) is 9.24. The third kappa shape index (κ3) is 4.68. The number of rotatable bonds is 8. The van der Waals surface area contributed by atoms with Crippen LogP contribution in [-0.2, 0) is 20.3 Å². The number of ether oxygens (including phenoxy) is 2. The van der Waals surface area contributed by atoms with Crippen LogP contribution in [0.25, 0.3) is 11.4 Å². The first-order chi connectivity index (χ1) is 13.9. The fraction of sp³-hybridized carbons (Fsp3) is 0.364.